The first kappa shape index (κ1) is 14.9. The molecule has 0 saturated carbocycles. The topological polar surface area (TPSA) is 31.0 Å². The number of benzene rings is 2. The molecule has 0 N–H and O–H groups in total. The quantitative estimate of drug-likeness (QED) is 0.381. The van der Waals surface area contributed by atoms with Crippen LogP contribution in [-0.2, 0) is 13.5 Å². The van der Waals surface area contributed by atoms with Crippen molar-refractivity contribution in [3.8, 4) is 5.69 Å². The average Bonchev–Trinajstić information content (AvgIpc) is 3.32. The highest BCUT2D eigenvalue weighted by atomic mass is 15.4. The van der Waals surface area contributed by atoms with Crippen LogP contribution in [0.4, 0.5) is 0 Å². The Kier molecular flexibility index (Phi) is 2.48. The van der Waals surface area contributed by atoms with Crippen LogP contribution in [0.3, 0.4) is 0 Å². The predicted octanol–water partition coefficient (Wildman–Crippen LogP) is 3.91. The lowest BCUT2D eigenvalue weighted by Crippen LogP contribution is -2.48. The summed E-state index contributed by atoms with van der Waals surface area (Å²) in [6.07, 6.45) is 3.58. The van der Waals surface area contributed by atoms with Crippen LogP contribution in [0.1, 0.15) is 41.4 Å². The van der Waals surface area contributed by atoms with Crippen molar-refractivity contribution in [2.24, 2.45) is 7.05 Å². The number of aromatic nitrogens is 5. The number of hydrogen-bond acceptors (Lipinski definition) is 1. The third kappa shape index (κ3) is 1.46. The van der Waals surface area contributed by atoms with E-state index in [9.17, 15) is 0 Å². The molecule has 0 amide bonds. The number of aryl methyl sites for hydroxylation is 1. The molecule has 4 heterocycles. The zero-order chi connectivity index (χ0) is 18.7. The molecule has 3 aromatic heterocycles. The van der Waals surface area contributed by atoms with Gasteiger partial charge in [0.25, 0.3) is 5.69 Å². The monoisotopic (exact) mass is 368 g/mol. The first-order valence-corrected chi connectivity index (χ1v) is 10.2. The third-order valence-electron chi connectivity index (χ3n) is 7.07. The summed E-state index contributed by atoms with van der Waals surface area (Å²) in [6.45, 7) is 4.51. The van der Waals surface area contributed by atoms with E-state index in [1.807, 2.05) is 0 Å². The first-order chi connectivity index (χ1) is 13.7. The van der Waals surface area contributed by atoms with Crippen molar-refractivity contribution in [3.63, 3.8) is 0 Å². The number of para-hydroxylation sites is 2. The van der Waals surface area contributed by atoms with Crippen molar-refractivity contribution in [3.05, 3.63) is 58.9 Å². The van der Waals surface area contributed by atoms with Gasteiger partial charge in [0.05, 0.1) is 29.3 Å². The van der Waals surface area contributed by atoms with Crippen LogP contribution in [0.15, 0.2) is 36.4 Å². The van der Waals surface area contributed by atoms with E-state index in [1.54, 1.807) is 0 Å². The smallest absolute Gasteiger partial charge is 0.264 e. The molecule has 0 fully saturated rings. The Balaban J connectivity index is 1.79. The van der Waals surface area contributed by atoms with Crippen molar-refractivity contribution in [1.29, 1.82) is 0 Å². The molecule has 138 valence electrons. The maximum absolute atomic E-state index is 5.09. The number of nitrogens with zero attached hydrogens (tertiary/aromatic N) is 5. The molecule has 0 bridgehead atoms. The van der Waals surface area contributed by atoms with E-state index < -0.39 is 0 Å². The van der Waals surface area contributed by atoms with Crippen LogP contribution in [0, 0.1) is 13.8 Å². The summed E-state index contributed by atoms with van der Waals surface area (Å²) in [7, 11) is 2.21. The van der Waals surface area contributed by atoms with E-state index in [2.05, 4.69) is 75.6 Å². The van der Waals surface area contributed by atoms with Crippen LogP contribution in [0.5, 0.6) is 0 Å². The molecule has 5 aromatic rings. The van der Waals surface area contributed by atoms with Gasteiger partial charge in [0, 0.05) is 11.1 Å². The molecule has 0 radical (unpaired) electrons. The van der Waals surface area contributed by atoms with Crippen LogP contribution in [0.25, 0.3) is 33.5 Å². The molecule has 1 aliphatic carbocycles. The largest absolute Gasteiger partial charge is 0.290 e. The van der Waals surface area contributed by atoms with Crippen molar-refractivity contribution in [2.45, 2.75) is 39.2 Å². The van der Waals surface area contributed by atoms with Crippen molar-refractivity contribution < 1.29 is 4.68 Å². The van der Waals surface area contributed by atoms with Gasteiger partial charge in [-0.05, 0) is 51.3 Å². The lowest BCUT2D eigenvalue weighted by atomic mass is 9.90. The average molecular weight is 368 g/mol. The minimum atomic E-state index is 0.356. The summed E-state index contributed by atoms with van der Waals surface area (Å²) in [5.41, 5.74) is 11.9. The minimum absolute atomic E-state index is 0.356. The SMILES string of the molecule is Cc1ccc2c3c1-[n+]1c4c(c(C)n1C)CCCC4n3c1nc3ccccc3n21. The lowest BCUT2D eigenvalue weighted by Gasteiger charge is -2.25. The van der Waals surface area contributed by atoms with E-state index in [4.69, 9.17) is 4.98 Å². The second-order valence-electron chi connectivity index (χ2n) is 8.40. The van der Waals surface area contributed by atoms with Gasteiger partial charge in [-0.15, -0.1) is 0 Å². The van der Waals surface area contributed by atoms with Gasteiger partial charge in [0.1, 0.15) is 11.6 Å². The first-order valence-electron chi connectivity index (χ1n) is 10.2. The molecule has 2 aromatic carbocycles. The molecule has 5 nitrogen and oxygen atoms in total. The highest BCUT2D eigenvalue weighted by Gasteiger charge is 2.45. The number of hydrogen-bond donors (Lipinski definition) is 0. The molecule has 1 atom stereocenters. The summed E-state index contributed by atoms with van der Waals surface area (Å²) < 4.78 is 9.76. The Morgan fingerprint density at radius 1 is 1.07 bits per heavy atom. The molecule has 0 spiro atoms. The molecular weight excluding hydrogens is 346 g/mol. The summed E-state index contributed by atoms with van der Waals surface area (Å²) >= 11 is 0. The van der Waals surface area contributed by atoms with Gasteiger partial charge in [0.15, 0.2) is 0 Å². The molecule has 1 aliphatic heterocycles. The van der Waals surface area contributed by atoms with Gasteiger partial charge < -0.3 is 0 Å². The fourth-order valence-electron chi connectivity index (χ4n) is 5.76. The van der Waals surface area contributed by atoms with E-state index in [1.165, 1.54) is 64.0 Å². The second-order valence-corrected chi connectivity index (χ2v) is 8.40. The molecular formula is C23H22N5+. The predicted molar refractivity (Wildman–Crippen MR) is 109 cm³/mol. The van der Waals surface area contributed by atoms with Gasteiger partial charge >= 0.3 is 0 Å². The molecule has 2 aliphatic rings. The molecule has 1 unspecified atom stereocenters. The van der Waals surface area contributed by atoms with Crippen LogP contribution < -0.4 is 4.68 Å². The number of rotatable bonds is 0. The summed E-state index contributed by atoms with van der Waals surface area (Å²) in [6, 6.07) is 13.4. The summed E-state index contributed by atoms with van der Waals surface area (Å²) in [4.78, 5) is 5.09. The minimum Gasteiger partial charge on any atom is -0.290 e. The fourth-order valence-corrected chi connectivity index (χ4v) is 5.76. The fraction of sp³-hybridized carbons (Fsp3) is 0.304. The Hall–Kier alpha value is -3.08. The number of fused-ring (bicyclic) bond motifs is 7. The van der Waals surface area contributed by atoms with Crippen molar-refractivity contribution >= 4 is 27.8 Å². The second kappa shape index (κ2) is 4.66. The lowest BCUT2D eigenvalue weighted by molar-refractivity contribution is -0.692. The van der Waals surface area contributed by atoms with Gasteiger partial charge in [-0.3, -0.25) is 8.97 Å². The molecule has 5 heteroatoms. The van der Waals surface area contributed by atoms with Gasteiger partial charge in [0.2, 0.25) is 11.5 Å². The summed E-state index contributed by atoms with van der Waals surface area (Å²) in [5.74, 6) is 1.08. The third-order valence-corrected chi connectivity index (χ3v) is 7.07. The maximum Gasteiger partial charge on any atom is 0.264 e. The normalized spacial score (nSPS) is 17.8. The molecule has 7 rings (SSSR count). The van der Waals surface area contributed by atoms with Crippen molar-refractivity contribution in [1.82, 2.24) is 18.6 Å². The van der Waals surface area contributed by atoms with Gasteiger partial charge in [-0.1, -0.05) is 22.9 Å². The zero-order valence-corrected chi connectivity index (χ0v) is 16.4. The van der Waals surface area contributed by atoms with Crippen LogP contribution in [0.2, 0.25) is 0 Å². The van der Waals surface area contributed by atoms with Gasteiger partial charge in [-0.2, -0.15) is 4.68 Å². The standard InChI is InChI=1S/C23H22N5/c1-13-11-12-19-22-20(13)28-21-15(14(2)25(28)3)7-6-10-18(21)27(22)23-24-16-8-4-5-9-17(16)26(19)23/h4-5,8-9,11-12,18H,6-7,10H2,1-3H3/q+1. The van der Waals surface area contributed by atoms with E-state index >= 15 is 0 Å². The summed E-state index contributed by atoms with van der Waals surface area (Å²) in [5, 5.41) is 0. The van der Waals surface area contributed by atoms with Crippen LogP contribution in [-0.4, -0.2) is 18.6 Å². The Morgan fingerprint density at radius 2 is 1.93 bits per heavy atom. The zero-order valence-electron chi connectivity index (χ0n) is 16.4. The maximum atomic E-state index is 5.09. The highest BCUT2D eigenvalue weighted by Crippen LogP contribution is 2.43. The molecule has 0 saturated heterocycles. The molecule has 28 heavy (non-hydrogen) atoms. The van der Waals surface area contributed by atoms with Crippen molar-refractivity contribution in [2.75, 3.05) is 0 Å². The number of imidazole rings is 2. The van der Waals surface area contributed by atoms with E-state index in [0.717, 1.165) is 11.3 Å². The highest BCUT2D eigenvalue weighted by molar-refractivity contribution is 5.94. The van der Waals surface area contributed by atoms with E-state index in [-0.39, 0.29) is 0 Å². The Morgan fingerprint density at radius 3 is 2.82 bits per heavy atom. The Labute approximate surface area is 162 Å². The van der Waals surface area contributed by atoms with E-state index in [0.29, 0.717) is 6.04 Å². The van der Waals surface area contributed by atoms with Gasteiger partial charge in [-0.25, -0.2) is 4.98 Å². The Bertz CT molecular complexity index is 1480. The van der Waals surface area contributed by atoms with Crippen LogP contribution >= 0.6 is 0 Å².